The number of halogens is 2. The van der Waals surface area contributed by atoms with Gasteiger partial charge < -0.3 is 5.32 Å². The van der Waals surface area contributed by atoms with Crippen molar-refractivity contribution in [2.24, 2.45) is 0 Å². The summed E-state index contributed by atoms with van der Waals surface area (Å²) in [4.78, 5) is 18.4. The molecule has 0 unspecified atom stereocenters. The zero-order valence-corrected chi connectivity index (χ0v) is 12.2. The number of aromatic amines is 1. The van der Waals surface area contributed by atoms with Gasteiger partial charge >= 0.3 is 0 Å². The molecule has 4 nitrogen and oxygen atoms in total. The molecule has 3 rings (SSSR count). The van der Waals surface area contributed by atoms with Crippen LogP contribution in [0, 0.1) is 18.6 Å². The van der Waals surface area contributed by atoms with Crippen molar-refractivity contribution in [2.45, 2.75) is 6.92 Å². The van der Waals surface area contributed by atoms with Crippen LogP contribution in [0.1, 0.15) is 5.56 Å². The molecule has 0 spiro atoms. The molecule has 1 aromatic heterocycles. The normalized spacial score (nSPS) is 10.6. The van der Waals surface area contributed by atoms with E-state index in [2.05, 4.69) is 15.3 Å². The number of hydrogen-bond acceptors (Lipinski definition) is 3. The maximum absolute atomic E-state index is 13.7. The van der Waals surface area contributed by atoms with Crippen LogP contribution in [0.25, 0.3) is 11.3 Å². The molecule has 23 heavy (non-hydrogen) atoms. The molecule has 2 aromatic carbocycles. The molecule has 0 aliphatic heterocycles. The first-order valence-corrected chi connectivity index (χ1v) is 6.92. The predicted octanol–water partition coefficient (Wildman–Crippen LogP) is 3.77. The molecule has 0 fully saturated rings. The van der Waals surface area contributed by atoms with Crippen molar-refractivity contribution < 1.29 is 8.78 Å². The van der Waals surface area contributed by atoms with Gasteiger partial charge in [0.05, 0.1) is 5.69 Å². The largest absolute Gasteiger partial charge is 0.321 e. The van der Waals surface area contributed by atoms with Gasteiger partial charge in [-0.2, -0.15) is 0 Å². The SMILES string of the molecule is Cc1ccc(-c2cc(=O)[nH]c(Nc3c(F)cccc3F)n2)cc1. The third kappa shape index (κ3) is 3.26. The minimum Gasteiger partial charge on any atom is -0.321 e. The molecule has 116 valence electrons. The summed E-state index contributed by atoms with van der Waals surface area (Å²) in [5, 5.41) is 2.49. The van der Waals surface area contributed by atoms with Gasteiger partial charge in [-0.25, -0.2) is 13.8 Å². The maximum atomic E-state index is 13.7. The standard InChI is InChI=1S/C17H13F2N3O/c1-10-5-7-11(8-6-10)14-9-15(23)21-17(20-14)22-16-12(18)3-2-4-13(16)19/h2-9H,1H3,(H2,20,21,22,23). The predicted molar refractivity (Wildman–Crippen MR) is 84.7 cm³/mol. The summed E-state index contributed by atoms with van der Waals surface area (Å²) in [5.74, 6) is -1.57. The van der Waals surface area contributed by atoms with Crippen molar-refractivity contribution in [3.8, 4) is 11.3 Å². The Hall–Kier alpha value is -3.02. The third-order valence-electron chi connectivity index (χ3n) is 3.30. The van der Waals surface area contributed by atoms with Crippen molar-refractivity contribution in [3.05, 3.63) is 76.1 Å². The molecule has 2 N–H and O–H groups in total. The van der Waals surface area contributed by atoms with Crippen molar-refractivity contribution in [1.29, 1.82) is 0 Å². The Balaban J connectivity index is 2.01. The van der Waals surface area contributed by atoms with Crippen molar-refractivity contribution in [3.63, 3.8) is 0 Å². The molecule has 0 atom stereocenters. The molecule has 0 aliphatic rings. The highest BCUT2D eigenvalue weighted by Gasteiger charge is 2.11. The fraction of sp³-hybridized carbons (Fsp3) is 0.0588. The van der Waals surface area contributed by atoms with E-state index >= 15 is 0 Å². The first kappa shape index (κ1) is 14.9. The highest BCUT2D eigenvalue weighted by atomic mass is 19.1. The molecule has 0 saturated carbocycles. The summed E-state index contributed by atoms with van der Waals surface area (Å²) >= 11 is 0. The van der Waals surface area contributed by atoms with Gasteiger partial charge in [0, 0.05) is 11.6 Å². The lowest BCUT2D eigenvalue weighted by Gasteiger charge is -2.09. The van der Waals surface area contributed by atoms with Gasteiger partial charge in [0.2, 0.25) is 5.95 Å². The number of para-hydroxylation sites is 1. The lowest BCUT2D eigenvalue weighted by atomic mass is 10.1. The van der Waals surface area contributed by atoms with E-state index in [0.29, 0.717) is 5.69 Å². The summed E-state index contributed by atoms with van der Waals surface area (Å²) in [6.07, 6.45) is 0. The Bertz CT molecular complexity index is 884. The van der Waals surface area contributed by atoms with Crippen LogP contribution in [-0.4, -0.2) is 9.97 Å². The number of benzene rings is 2. The fourth-order valence-corrected chi connectivity index (χ4v) is 2.12. The Labute approximate surface area is 130 Å². The summed E-state index contributed by atoms with van der Waals surface area (Å²) in [5.41, 5.74) is 1.43. The highest BCUT2D eigenvalue weighted by Crippen LogP contribution is 2.22. The fourth-order valence-electron chi connectivity index (χ4n) is 2.12. The van der Waals surface area contributed by atoms with E-state index in [-0.39, 0.29) is 11.6 Å². The molecule has 0 amide bonds. The second kappa shape index (κ2) is 6.00. The summed E-state index contributed by atoms with van der Waals surface area (Å²) in [7, 11) is 0. The van der Waals surface area contributed by atoms with E-state index in [1.165, 1.54) is 12.1 Å². The minimum atomic E-state index is -0.770. The topological polar surface area (TPSA) is 57.8 Å². The van der Waals surface area contributed by atoms with Gasteiger partial charge in [0.1, 0.15) is 17.3 Å². The van der Waals surface area contributed by atoms with Crippen LogP contribution in [0.15, 0.2) is 53.3 Å². The molecule has 0 radical (unpaired) electrons. The Kier molecular flexibility index (Phi) is 3.89. The Morgan fingerprint density at radius 3 is 2.35 bits per heavy atom. The van der Waals surface area contributed by atoms with Crippen molar-refractivity contribution in [1.82, 2.24) is 9.97 Å². The monoisotopic (exact) mass is 313 g/mol. The summed E-state index contributed by atoms with van der Waals surface area (Å²) in [6, 6.07) is 12.3. The quantitative estimate of drug-likeness (QED) is 0.774. The van der Waals surface area contributed by atoms with Crippen LogP contribution in [0.5, 0.6) is 0 Å². The second-order valence-electron chi connectivity index (χ2n) is 5.07. The average molecular weight is 313 g/mol. The number of rotatable bonds is 3. The smallest absolute Gasteiger partial charge is 0.252 e. The number of nitrogens with zero attached hydrogens (tertiary/aromatic N) is 1. The van der Waals surface area contributed by atoms with E-state index in [1.54, 1.807) is 0 Å². The lowest BCUT2D eigenvalue weighted by molar-refractivity contribution is 0.590. The Morgan fingerprint density at radius 1 is 1.04 bits per heavy atom. The molecular formula is C17H13F2N3O. The summed E-state index contributed by atoms with van der Waals surface area (Å²) in [6.45, 7) is 1.95. The van der Waals surface area contributed by atoms with Gasteiger partial charge in [0.25, 0.3) is 5.56 Å². The van der Waals surface area contributed by atoms with Crippen LogP contribution >= 0.6 is 0 Å². The zero-order valence-electron chi connectivity index (χ0n) is 12.2. The van der Waals surface area contributed by atoms with Crippen LogP contribution in [0.4, 0.5) is 20.4 Å². The van der Waals surface area contributed by atoms with Gasteiger partial charge in [-0.3, -0.25) is 9.78 Å². The molecule has 3 aromatic rings. The van der Waals surface area contributed by atoms with Crippen molar-refractivity contribution >= 4 is 11.6 Å². The van der Waals surface area contributed by atoms with Gasteiger partial charge in [-0.05, 0) is 19.1 Å². The van der Waals surface area contributed by atoms with Gasteiger partial charge in [-0.1, -0.05) is 35.9 Å². The first-order chi connectivity index (χ1) is 11.0. The third-order valence-corrected chi connectivity index (χ3v) is 3.30. The Morgan fingerprint density at radius 2 is 1.70 bits per heavy atom. The van der Waals surface area contributed by atoms with E-state index in [0.717, 1.165) is 23.3 Å². The zero-order chi connectivity index (χ0) is 16.4. The molecule has 0 saturated heterocycles. The number of aromatic nitrogens is 2. The van der Waals surface area contributed by atoms with Gasteiger partial charge in [-0.15, -0.1) is 0 Å². The number of hydrogen-bond donors (Lipinski definition) is 2. The molecule has 1 heterocycles. The van der Waals surface area contributed by atoms with E-state index < -0.39 is 17.2 Å². The minimum absolute atomic E-state index is 0.0305. The average Bonchev–Trinajstić information content (AvgIpc) is 2.51. The van der Waals surface area contributed by atoms with Crippen molar-refractivity contribution in [2.75, 3.05) is 5.32 Å². The molecule has 0 aliphatic carbocycles. The highest BCUT2D eigenvalue weighted by molar-refractivity contribution is 5.62. The molecule has 6 heteroatoms. The van der Waals surface area contributed by atoms with Crippen LogP contribution in [0.2, 0.25) is 0 Å². The first-order valence-electron chi connectivity index (χ1n) is 6.92. The van der Waals surface area contributed by atoms with Crippen LogP contribution in [-0.2, 0) is 0 Å². The van der Waals surface area contributed by atoms with E-state index in [9.17, 15) is 13.6 Å². The van der Waals surface area contributed by atoms with Crippen LogP contribution in [0.3, 0.4) is 0 Å². The number of H-pyrrole nitrogens is 1. The number of aryl methyl sites for hydroxylation is 1. The number of anilines is 2. The van der Waals surface area contributed by atoms with E-state index in [4.69, 9.17) is 0 Å². The van der Waals surface area contributed by atoms with E-state index in [1.807, 2.05) is 31.2 Å². The van der Waals surface area contributed by atoms with Crippen LogP contribution < -0.4 is 10.9 Å². The number of nitrogens with one attached hydrogen (secondary N) is 2. The lowest BCUT2D eigenvalue weighted by Crippen LogP contribution is -2.11. The maximum Gasteiger partial charge on any atom is 0.252 e. The molecular weight excluding hydrogens is 300 g/mol. The van der Waals surface area contributed by atoms with Gasteiger partial charge in [0.15, 0.2) is 0 Å². The molecule has 0 bridgehead atoms. The summed E-state index contributed by atoms with van der Waals surface area (Å²) < 4.78 is 27.4. The second-order valence-corrected chi connectivity index (χ2v) is 5.07.